The third kappa shape index (κ3) is 2.90. The topological polar surface area (TPSA) is 20.1 Å². The molecule has 3 heterocycles. The van der Waals surface area contributed by atoms with E-state index in [1.54, 1.807) is 0 Å². The fraction of sp³-hybridized carbons (Fsp3) is 0.286. The molecule has 2 aliphatic rings. The van der Waals surface area contributed by atoms with Crippen molar-refractivity contribution in [3.63, 3.8) is 0 Å². The van der Waals surface area contributed by atoms with Crippen LogP contribution in [0.1, 0.15) is 34.1 Å². The Morgan fingerprint density at radius 2 is 1.96 bits per heavy atom. The number of thiophene rings is 1. The molecule has 2 aromatic carbocycles. The van der Waals surface area contributed by atoms with Gasteiger partial charge in [0, 0.05) is 24.7 Å². The first-order valence-electron chi connectivity index (χ1n) is 8.61. The van der Waals surface area contributed by atoms with Gasteiger partial charge in [-0.3, -0.25) is 9.69 Å². The minimum absolute atomic E-state index is 0.142. The molecule has 24 heavy (non-hydrogen) atoms. The molecule has 1 aromatic heterocycles. The number of nitrogens with zero attached hydrogens (tertiary/aromatic N) is 1. The summed E-state index contributed by atoms with van der Waals surface area (Å²) in [6.45, 7) is 4.90. The van der Waals surface area contributed by atoms with Crippen molar-refractivity contribution in [1.29, 1.82) is 0 Å². The van der Waals surface area contributed by atoms with Gasteiger partial charge in [-0.1, -0.05) is 49.4 Å². The van der Waals surface area contributed by atoms with Crippen LogP contribution in [0.3, 0.4) is 0 Å². The first kappa shape index (κ1) is 15.6. The quantitative estimate of drug-likeness (QED) is 0.507. The van der Waals surface area contributed by atoms with Crippen LogP contribution in [0.4, 0.5) is 0 Å². The Bertz CT molecular complexity index is 865. The summed E-state index contributed by atoms with van der Waals surface area (Å²) >= 11 is 1.54. The van der Waals surface area contributed by atoms with Crippen LogP contribution in [-0.4, -0.2) is 29.8 Å². The molecule has 3 heteroatoms. The van der Waals surface area contributed by atoms with Crippen LogP contribution in [0.15, 0.2) is 53.9 Å². The summed E-state index contributed by atoms with van der Waals surface area (Å²) in [4.78, 5) is 16.1. The Kier molecular flexibility index (Phi) is 4.21. The van der Waals surface area contributed by atoms with E-state index in [2.05, 4.69) is 11.8 Å². The second-order valence-corrected chi connectivity index (χ2v) is 7.34. The second kappa shape index (κ2) is 6.50. The van der Waals surface area contributed by atoms with E-state index in [0.29, 0.717) is 0 Å². The molecule has 122 valence electrons. The Labute approximate surface area is 146 Å². The van der Waals surface area contributed by atoms with Gasteiger partial charge in [0.1, 0.15) is 0 Å². The van der Waals surface area contributed by atoms with Crippen LogP contribution < -0.4 is 0 Å². The maximum atomic E-state index is 12.7. The van der Waals surface area contributed by atoms with Gasteiger partial charge in [-0.15, -0.1) is 11.3 Å². The summed E-state index contributed by atoms with van der Waals surface area (Å²) < 4.78 is 0. The van der Waals surface area contributed by atoms with E-state index in [9.17, 15) is 4.79 Å². The fourth-order valence-electron chi connectivity index (χ4n) is 3.26. The molecule has 0 radical (unpaired) electrons. The second-order valence-electron chi connectivity index (χ2n) is 6.42. The Balaban J connectivity index is 0.000000244. The molecular weight excluding hydrogens is 314 g/mol. The molecule has 2 aliphatic heterocycles. The van der Waals surface area contributed by atoms with Crippen molar-refractivity contribution in [2.45, 2.75) is 25.8 Å². The maximum absolute atomic E-state index is 12.7. The Hall–Kier alpha value is -1.97. The van der Waals surface area contributed by atoms with E-state index in [1.807, 2.05) is 53.9 Å². The molecule has 2 saturated heterocycles. The first-order chi connectivity index (χ1) is 11.8. The first-order valence-corrected chi connectivity index (χ1v) is 9.48. The summed E-state index contributed by atoms with van der Waals surface area (Å²) in [6, 6.07) is 17.1. The largest absolute Gasteiger partial charge is 0.297 e. The van der Waals surface area contributed by atoms with Gasteiger partial charge < -0.3 is 0 Å². The van der Waals surface area contributed by atoms with E-state index >= 15 is 0 Å². The molecule has 0 amide bonds. The number of carbonyl (C=O) groups is 1. The van der Waals surface area contributed by atoms with Gasteiger partial charge in [-0.25, -0.2) is 0 Å². The van der Waals surface area contributed by atoms with Crippen molar-refractivity contribution >= 4 is 27.9 Å². The molecule has 0 spiro atoms. The summed E-state index contributed by atoms with van der Waals surface area (Å²) in [5.74, 6) is 0.142. The lowest BCUT2D eigenvalue weighted by molar-refractivity contribution is 0.104. The lowest BCUT2D eigenvalue weighted by atomic mass is 9.99. The molecule has 3 aromatic rings. The minimum Gasteiger partial charge on any atom is -0.297 e. The molecule has 5 rings (SSSR count). The van der Waals surface area contributed by atoms with E-state index in [4.69, 9.17) is 0 Å². The van der Waals surface area contributed by atoms with Crippen molar-refractivity contribution in [3.05, 3.63) is 69.9 Å². The molecule has 0 bridgehead atoms. The van der Waals surface area contributed by atoms with Gasteiger partial charge in [0.15, 0.2) is 0 Å². The number of benzene rings is 2. The van der Waals surface area contributed by atoms with Gasteiger partial charge in [0.25, 0.3) is 0 Å². The van der Waals surface area contributed by atoms with Gasteiger partial charge in [-0.05, 0) is 40.6 Å². The Morgan fingerprint density at radius 1 is 1.17 bits per heavy atom. The molecule has 0 aliphatic carbocycles. The number of carbonyl (C=O) groups excluding carboxylic acids is 1. The monoisotopic (exact) mass is 335 g/mol. The highest BCUT2D eigenvalue weighted by atomic mass is 32.1. The highest BCUT2D eigenvalue weighted by Crippen LogP contribution is 2.30. The van der Waals surface area contributed by atoms with Crippen LogP contribution in [-0.2, 0) is 6.42 Å². The number of ketones is 1. The van der Waals surface area contributed by atoms with E-state index in [1.165, 1.54) is 30.8 Å². The van der Waals surface area contributed by atoms with E-state index in [0.717, 1.165) is 39.2 Å². The lowest BCUT2D eigenvalue weighted by Crippen LogP contribution is -2.16. The molecule has 2 atom stereocenters. The van der Waals surface area contributed by atoms with Crippen molar-refractivity contribution < 1.29 is 4.79 Å². The summed E-state index contributed by atoms with van der Waals surface area (Å²) in [7, 11) is 0. The van der Waals surface area contributed by atoms with Gasteiger partial charge in [-0.2, -0.15) is 0 Å². The van der Waals surface area contributed by atoms with E-state index < -0.39 is 0 Å². The van der Waals surface area contributed by atoms with Gasteiger partial charge >= 0.3 is 0 Å². The van der Waals surface area contributed by atoms with Crippen LogP contribution in [0, 0.1) is 0 Å². The average molecular weight is 335 g/mol. The van der Waals surface area contributed by atoms with Crippen LogP contribution >= 0.6 is 11.3 Å². The number of hydrogen-bond donors (Lipinski definition) is 0. The predicted octanol–water partition coefficient (Wildman–Crippen LogP) is 4.77. The normalized spacial score (nSPS) is 20.5. The molecule has 0 N–H and O–H groups in total. The summed E-state index contributed by atoms with van der Waals surface area (Å²) in [5.41, 5.74) is 1.94. The van der Waals surface area contributed by atoms with Crippen molar-refractivity contribution in [1.82, 2.24) is 4.90 Å². The number of hydrogen-bond acceptors (Lipinski definition) is 3. The SMILES string of the molecule is C1CN2CC12.CCc1ccsc1C(=O)c1cccc2ccccc12. The third-order valence-electron chi connectivity index (χ3n) is 4.95. The lowest BCUT2D eigenvalue weighted by Gasteiger charge is -2.08. The zero-order valence-electron chi connectivity index (χ0n) is 13.9. The minimum atomic E-state index is 0.142. The van der Waals surface area contributed by atoms with Crippen LogP contribution in [0.25, 0.3) is 10.8 Å². The molecule has 0 saturated carbocycles. The fourth-order valence-corrected chi connectivity index (χ4v) is 4.21. The standard InChI is InChI=1S/C17H14OS.C4H7N/c1-2-12-10-11-19-17(12)16(18)15-9-5-7-13-6-3-4-8-14(13)15;1-2-5-3-4(1)5/h3-11H,2H2,1H3;4H,1-3H2. The average Bonchev–Trinajstić information content (AvgIpc) is 3.02. The van der Waals surface area contributed by atoms with E-state index in [-0.39, 0.29) is 5.78 Å². The number of fused-ring (bicyclic) bond motifs is 2. The number of rotatable bonds is 3. The highest BCUT2D eigenvalue weighted by Gasteiger charge is 2.41. The Morgan fingerprint density at radius 3 is 2.62 bits per heavy atom. The summed E-state index contributed by atoms with van der Waals surface area (Å²) in [5, 5.41) is 4.14. The predicted molar refractivity (Wildman–Crippen MR) is 101 cm³/mol. The summed E-state index contributed by atoms with van der Waals surface area (Å²) in [6.07, 6.45) is 2.38. The van der Waals surface area contributed by atoms with Crippen molar-refractivity contribution in [2.75, 3.05) is 13.1 Å². The van der Waals surface area contributed by atoms with Gasteiger partial charge in [0.05, 0.1) is 4.88 Å². The molecule has 2 fully saturated rings. The zero-order valence-corrected chi connectivity index (χ0v) is 14.7. The van der Waals surface area contributed by atoms with Crippen LogP contribution in [0.5, 0.6) is 0 Å². The molecule has 2 unspecified atom stereocenters. The molecule has 2 nitrogen and oxygen atoms in total. The number of aryl methyl sites for hydroxylation is 1. The maximum Gasteiger partial charge on any atom is 0.203 e. The van der Waals surface area contributed by atoms with Crippen molar-refractivity contribution in [2.24, 2.45) is 0 Å². The zero-order chi connectivity index (χ0) is 16.5. The molecular formula is C21H21NOS. The van der Waals surface area contributed by atoms with Gasteiger partial charge in [0.2, 0.25) is 5.78 Å². The smallest absolute Gasteiger partial charge is 0.203 e. The third-order valence-corrected chi connectivity index (χ3v) is 5.90. The van der Waals surface area contributed by atoms with Crippen molar-refractivity contribution in [3.8, 4) is 0 Å². The highest BCUT2D eigenvalue weighted by molar-refractivity contribution is 7.12. The van der Waals surface area contributed by atoms with Crippen LogP contribution in [0.2, 0.25) is 0 Å².